The van der Waals surface area contributed by atoms with Crippen molar-refractivity contribution in [1.29, 1.82) is 0 Å². The Labute approximate surface area is 99.3 Å². The quantitative estimate of drug-likeness (QED) is 0.602. The normalized spacial score (nSPS) is 11.3. The monoisotopic (exact) mass is 227 g/mol. The first-order chi connectivity index (χ1) is 8.45. The number of hydrogen-bond donors (Lipinski definition) is 2. The molecule has 2 rings (SSSR count). The Hall–Kier alpha value is -2.43. The maximum absolute atomic E-state index is 4.23. The van der Waals surface area contributed by atoms with Crippen molar-refractivity contribution >= 4 is 12.4 Å². The summed E-state index contributed by atoms with van der Waals surface area (Å²) in [5.74, 6) is 0. The van der Waals surface area contributed by atoms with Gasteiger partial charge >= 0.3 is 0 Å². The van der Waals surface area contributed by atoms with Gasteiger partial charge in [0.25, 0.3) is 0 Å². The van der Waals surface area contributed by atoms with Crippen LogP contribution in [-0.4, -0.2) is 21.7 Å². The molecule has 0 aliphatic carbocycles. The molecular formula is C12H13N5. The Morgan fingerprint density at radius 1 is 1.29 bits per heavy atom. The Morgan fingerprint density at radius 3 is 2.94 bits per heavy atom. The zero-order valence-corrected chi connectivity index (χ0v) is 9.24. The van der Waals surface area contributed by atoms with Gasteiger partial charge in [0, 0.05) is 6.20 Å². The van der Waals surface area contributed by atoms with Crippen molar-refractivity contribution in [3.05, 3.63) is 54.0 Å². The number of nitrogens with one attached hydrogen (secondary N) is 2. The molecule has 0 unspecified atom stereocenters. The zero-order valence-electron chi connectivity index (χ0n) is 9.24. The standard InChI is InChI=1S/C12H13N5/c1-2-4-11(5-3-1)8-14-10-13-7-6-12-9-15-17-16-12/h1-7,9-10H,8H2,(H,13,14)(H,15,16,17)/b7-6+. The Balaban J connectivity index is 1.72. The molecule has 0 bridgehead atoms. The van der Waals surface area contributed by atoms with E-state index in [9.17, 15) is 0 Å². The molecule has 1 aromatic heterocycles. The van der Waals surface area contributed by atoms with Crippen molar-refractivity contribution < 1.29 is 0 Å². The van der Waals surface area contributed by atoms with Crippen molar-refractivity contribution in [2.75, 3.05) is 0 Å². The molecule has 0 aliphatic rings. The van der Waals surface area contributed by atoms with E-state index >= 15 is 0 Å². The second kappa shape index (κ2) is 6.22. The Bertz CT molecular complexity index is 473. The summed E-state index contributed by atoms with van der Waals surface area (Å²) in [5.41, 5.74) is 1.96. The number of aromatic nitrogens is 3. The van der Waals surface area contributed by atoms with Crippen LogP contribution in [0.5, 0.6) is 0 Å². The predicted octanol–water partition coefficient (Wildman–Crippen LogP) is 1.59. The van der Waals surface area contributed by atoms with E-state index in [1.54, 1.807) is 24.8 Å². The molecule has 0 spiro atoms. The van der Waals surface area contributed by atoms with Crippen molar-refractivity contribution in [3.63, 3.8) is 0 Å². The van der Waals surface area contributed by atoms with Crippen LogP contribution in [0.3, 0.4) is 0 Å². The maximum Gasteiger partial charge on any atom is 0.107 e. The summed E-state index contributed by atoms with van der Waals surface area (Å²) >= 11 is 0. The van der Waals surface area contributed by atoms with Crippen LogP contribution in [0.25, 0.3) is 6.08 Å². The summed E-state index contributed by atoms with van der Waals surface area (Å²) in [4.78, 5) is 4.23. The SMILES string of the molecule is C(=NCc1ccccc1)N/C=C/c1cn[nH]n1. The van der Waals surface area contributed by atoms with Gasteiger partial charge in [-0.25, -0.2) is 0 Å². The first kappa shape index (κ1) is 11.1. The van der Waals surface area contributed by atoms with Crippen LogP contribution in [0, 0.1) is 0 Å². The minimum atomic E-state index is 0.672. The van der Waals surface area contributed by atoms with Crippen LogP contribution >= 0.6 is 0 Å². The van der Waals surface area contributed by atoms with E-state index in [0.717, 1.165) is 5.69 Å². The third kappa shape index (κ3) is 3.90. The summed E-state index contributed by atoms with van der Waals surface area (Å²) < 4.78 is 0. The second-order valence-corrected chi connectivity index (χ2v) is 3.35. The largest absolute Gasteiger partial charge is 0.353 e. The van der Waals surface area contributed by atoms with Gasteiger partial charge in [0.15, 0.2) is 0 Å². The molecule has 0 radical (unpaired) electrons. The first-order valence-corrected chi connectivity index (χ1v) is 5.26. The van der Waals surface area contributed by atoms with Crippen LogP contribution in [-0.2, 0) is 6.54 Å². The highest BCUT2D eigenvalue weighted by atomic mass is 15.3. The summed E-state index contributed by atoms with van der Waals surface area (Å²) in [6.45, 7) is 0.672. The molecular weight excluding hydrogens is 214 g/mol. The van der Waals surface area contributed by atoms with Crippen molar-refractivity contribution in [3.8, 4) is 0 Å². The number of aromatic amines is 1. The Kier molecular flexibility index (Phi) is 4.05. The molecule has 0 amide bonds. The Morgan fingerprint density at radius 2 is 2.18 bits per heavy atom. The highest BCUT2D eigenvalue weighted by Gasteiger charge is 1.86. The van der Waals surface area contributed by atoms with E-state index in [1.165, 1.54) is 5.56 Å². The summed E-state index contributed by atoms with van der Waals surface area (Å²) in [7, 11) is 0. The fourth-order valence-corrected chi connectivity index (χ4v) is 1.25. The molecule has 5 heteroatoms. The van der Waals surface area contributed by atoms with Crippen LogP contribution < -0.4 is 5.32 Å². The number of H-pyrrole nitrogens is 1. The number of rotatable bonds is 5. The number of hydrogen-bond acceptors (Lipinski definition) is 3. The van der Waals surface area contributed by atoms with Gasteiger partial charge in [-0.1, -0.05) is 30.3 Å². The first-order valence-electron chi connectivity index (χ1n) is 5.26. The maximum atomic E-state index is 4.23. The lowest BCUT2D eigenvalue weighted by atomic mass is 10.2. The average molecular weight is 227 g/mol. The molecule has 5 nitrogen and oxygen atoms in total. The van der Waals surface area contributed by atoms with Gasteiger partial charge in [-0.3, -0.25) is 4.99 Å². The molecule has 0 fully saturated rings. The average Bonchev–Trinajstić information content (AvgIpc) is 2.88. The van der Waals surface area contributed by atoms with Gasteiger partial charge < -0.3 is 5.32 Å². The van der Waals surface area contributed by atoms with Crippen molar-refractivity contribution in [1.82, 2.24) is 20.7 Å². The van der Waals surface area contributed by atoms with Crippen molar-refractivity contribution in [2.24, 2.45) is 4.99 Å². The van der Waals surface area contributed by atoms with Crippen molar-refractivity contribution in [2.45, 2.75) is 6.54 Å². The molecule has 2 N–H and O–H groups in total. The van der Waals surface area contributed by atoms with Crippen LogP contribution in [0.2, 0.25) is 0 Å². The highest BCUT2D eigenvalue weighted by Crippen LogP contribution is 1.98. The summed E-state index contributed by atoms with van der Waals surface area (Å²) in [6.07, 6.45) is 6.85. The molecule has 1 aromatic carbocycles. The van der Waals surface area contributed by atoms with E-state index in [4.69, 9.17) is 0 Å². The minimum Gasteiger partial charge on any atom is -0.353 e. The van der Waals surface area contributed by atoms with Gasteiger partial charge in [0.2, 0.25) is 0 Å². The van der Waals surface area contributed by atoms with E-state index in [2.05, 4.69) is 25.7 Å². The molecule has 0 aliphatic heterocycles. The zero-order chi connectivity index (χ0) is 11.8. The lowest BCUT2D eigenvalue weighted by Gasteiger charge is -1.94. The number of aliphatic imine (C=N–C) groups is 1. The van der Waals surface area contributed by atoms with E-state index in [-0.39, 0.29) is 0 Å². The molecule has 0 saturated carbocycles. The fourth-order valence-electron chi connectivity index (χ4n) is 1.25. The topological polar surface area (TPSA) is 66.0 Å². The number of nitrogens with zero attached hydrogens (tertiary/aromatic N) is 3. The molecule has 17 heavy (non-hydrogen) atoms. The minimum absolute atomic E-state index is 0.672. The highest BCUT2D eigenvalue weighted by molar-refractivity contribution is 5.58. The van der Waals surface area contributed by atoms with Crippen LogP contribution in [0.1, 0.15) is 11.3 Å². The summed E-state index contributed by atoms with van der Waals surface area (Å²) in [6, 6.07) is 10.1. The van der Waals surface area contributed by atoms with Gasteiger partial charge in [0.1, 0.15) is 5.69 Å². The lowest BCUT2D eigenvalue weighted by molar-refractivity contribution is 0.937. The van der Waals surface area contributed by atoms with Gasteiger partial charge in [-0.05, 0) is 11.6 Å². The molecule has 0 atom stereocenters. The molecule has 1 heterocycles. The van der Waals surface area contributed by atoms with E-state index < -0.39 is 0 Å². The summed E-state index contributed by atoms with van der Waals surface area (Å²) in [5, 5.41) is 13.0. The van der Waals surface area contributed by atoms with Crippen LogP contribution in [0.4, 0.5) is 0 Å². The number of benzene rings is 1. The van der Waals surface area contributed by atoms with Crippen LogP contribution in [0.15, 0.2) is 47.7 Å². The third-order valence-corrected chi connectivity index (χ3v) is 2.07. The van der Waals surface area contributed by atoms with E-state index in [1.807, 2.05) is 30.3 Å². The third-order valence-electron chi connectivity index (χ3n) is 2.07. The predicted molar refractivity (Wildman–Crippen MR) is 67.2 cm³/mol. The smallest absolute Gasteiger partial charge is 0.107 e. The van der Waals surface area contributed by atoms with Gasteiger partial charge in [-0.15, -0.1) is 0 Å². The molecule has 2 aromatic rings. The van der Waals surface area contributed by atoms with Gasteiger partial charge in [-0.2, -0.15) is 15.4 Å². The molecule has 0 saturated heterocycles. The fraction of sp³-hybridized carbons (Fsp3) is 0.0833. The van der Waals surface area contributed by atoms with Gasteiger partial charge in [0.05, 0.1) is 19.1 Å². The second-order valence-electron chi connectivity index (χ2n) is 3.35. The van der Waals surface area contributed by atoms with E-state index in [0.29, 0.717) is 6.54 Å². The lowest BCUT2D eigenvalue weighted by Crippen LogP contribution is -2.00. The molecule has 86 valence electrons.